The van der Waals surface area contributed by atoms with Gasteiger partial charge in [0.05, 0.1) is 6.57 Å². The van der Waals surface area contributed by atoms with Crippen LogP contribution >= 0.6 is 11.3 Å². The van der Waals surface area contributed by atoms with Gasteiger partial charge in [-0.3, -0.25) is 0 Å². The second-order valence-electron chi connectivity index (χ2n) is 2.98. The lowest BCUT2D eigenvalue weighted by Gasteiger charge is -2.02. The van der Waals surface area contributed by atoms with Gasteiger partial charge in [-0.05, 0) is 17.7 Å². The summed E-state index contributed by atoms with van der Waals surface area (Å²) in [7, 11) is 0. The third-order valence-electron chi connectivity index (χ3n) is 1.90. The molecule has 2 rings (SSSR count). The molecule has 0 N–H and O–H groups in total. The molecule has 0 radical (unpaired) electrons. The van der Waals surface area contributed by atoms with Gasteiger partial charge in [0.15, 0.2) is 5.06 Å². The van der Waals surface area contributed by atoms with E-state index in [-0.39, 0.29) is 0 Å². The molecule has 0 bridgehead atoms. The number of nitrogens with zero attached hydrogens (tertiary/aromatic N) is 1. The molecule has 3 heteroatoms. The van der Waals surface area contributed by atoms with E-state index in [1.54, 1.807) is 6.07 Å². The van der Waals surface area contributed by atoms with E-state index in [9.17, 15) is 0 Å². The number of hydrogen-bond acceptors (Lipinski definition) is 2. The highest BCUT2D eigenvalue weighted by Crippen LogP contribution is 2.31. The minimum atomic E-state index is 0.554. The Morgan fingerprint density at radius 2 is 1.93 bits per heavy atom. The molecule has 0 aliphatic carbocycles. The maximum atomic E-state index is 6.83. The third kappa shape index (κ3) is 2.58. The normalized spacial score (nSPS) is 9.53. The first-order valence-corrected chi connectivity index (χ1v) is 5.34. The second kappa shape index (κ2) is 4.63. The average Bonchev–Trinajstić information content (AvgIpc) is 2.76. The van der Waals surface area contributed by atoms with Crippen LogP contribution in [0, 0.1) is 6.57 Å². The Morgan fingerprint density at radius 3 is 2.60 bits per heavy atom. The molecular formula is C12H9NOS. The summed E-state index contributed by atoms with van der Waals surface area (Å²) in [5.41, 5.74) is 1.13. The van der Waals surface area contributed by atoms with E-state index < -0.39 is 0 Å². The molecule has 2 aromatic rings. The van der Waals surface area contributed by atoms with Crippen LogP contribution in [-0.2, 0) is 6.61 Å². The third-order valence-corrected chi connectivity index (χ3v) is 2.79. The van der Waals surface area contributed by atoms with Crippen molar-refractivity contribution in [2.45, 2.75) is 6.61 Å². The van der Waals surface area contributed by atoms with Gasteiger partial charge in [0.25, 0.3) is 0 Å². The van der Waals surface area contributed by atoms with Crippen LogP contribution in [0.3, 0.4) is 0 Å². The number of ether oxygens (including phenoxy) is 1. The van der Waals surface area contributed by atoms with Crippen LogP contribution in [0.25, 0.3) is 4.85 Å². The van der Waals surface area contributed by atoms with Crippen molar-refractivity contribution in [1.29, 1.82) is 0 Å². The largest absolute Gasteiger partial charge is 0.481 e. The van der Waals surface area contributed by atoms with Crippen molar-refractivity contribution in [1.82, 2.24) is 0 Å². The van der Waals surface area contributed by atoms with Gasteiger partial charge in [-0.2, -0.15) is 0 Å². The van der Waals surface area contributed by atoms with Crippen LogP contribution in [0.1, 0.15) is 5.56 Å². The van der Waals surface area contributed by atoms with Crippen molar-refractivity contribution in [3.63, 3.8) is 0 Å². The van der Waals surface area contributed by atoms with Crippen LogP contribution in [0.4, 0.5) is 5.00 Å². The van der Waals surface area contributed by atoms with Gasteiger partial charge in [-0.1, -0.05) is 30.3 Å². The van der Waals surface area contributed by atoms with Crippen molar-refractivity contribution in [3.8, 4) is 5.06 Å². The highest BCUT2D eigenvalue weighted by Gasteiger charge is 1.99. The molecular weight excluding hydrogens is 206 g/mol. The molecule has 0 amide bonds. The second-order valence-corrected chi connectivity index (χ2v) is 4.00. The monoisotopic (exact) mass is 215 g/mol. The van der Waals surface area contributed by atoms with Gasteiger partial charge in [0.1, 0.15) is 6.61 Å². The first-order valence-electron chi connectivity index (χ1n) is 4.52. The van der Waals surface area contributed by atoms with Gasteiger partial charge >= 0.3 is 0 Å². The van der Waals surface area contributed by atoms with Crippen LogP contribution in [-0.4, -0.2) is 0 Å². The molecule has 0 spiro atoms. The van der Waals surface area contributed by atoms with Crippen molar-refractivity contribution < 1.29 is 4.74 Å². The first-order chi connectivity index (χ1) is 7.38. The van der Waals surface area contributed by atoms with Crippen LogP contribution in [0.2, 0.25) is 0 Å². The van der Waals surface area contributed by atoms with Gasteiger partial charge in [-0.15, -0.1) is 11.3 Å². The molecule has 0 saturated heterocycles. The molecule has 0 aliphatic heterocycles. The van der Waals surface area contributed by atoms with E-state index in [4.69, 9.17) is 11.3 Å². The van der Waals surface area contributed by atoms with Crippen LogP contribution < -0.4 is 4.74 Å². The van der Waals surface area contributed by atoms with E-state index in [1.165, 1.54) is 11.3 Å². The Hall–Kier alpha value is -1.79. The fraction of sp³-hybridized carbons (Fsp3) is 0.0833. The SMILES string of the molecule is [C-]#[N+]c1ccc(OCc2ccccc2)s1. The Balaban J connectivity index is 1.97. The molecule has 0 aliphatic rings. The molecule has 0 atom stereocenters. The van der Waals surface area contributed by atoms with Crippen molar-refractivity contribution in [3.05, 3.63) is 59.4 Å². The lowest BCUT2D eigenvalue weighted by Crippen LogP contribution is -1.92. The fourth-order valence-electron chi connectivity index (χ4n) is 1.18. The maximum Gasteiger partial charge on any atom is 0.244 e. The summed E-state index contributed by atoms with van der Waals surface area (Å²) in [6.45, 7) is 7.39. The highest BCUT2D eigenvalue weighted by molar-refractivity contribution is 7.17. The summed E-state index contributed by atoms with van der Waals surface area (Å²) in [6, 6.07) is 13.6. The molecule has 0 saturated carbocycles. The predicted molar refractivity (Wildman–Crippen MR) is 61.4 cm³/mol. The Labute approximate surface area is 92.6 Å². The molecule has 0 fully saturated rings. The Morgan fingerprint density at radius 1 is 1.13 bits per heavy atom. The van der Waals surface area contributed by atoms with E-state index in [0.29, 0.717) is 11.6 Å². The number of thiophene rings is 1. The summed E-state index contributed by atoms with van der Waals surface area (Å²) in [5, 5.41) is 1.46. The van der Waals surface area contributed by atoms with E-state index in [2.05, 4.69) is 4.85 Å². The van der Waals surface area contributed by atoms with Gasteiger partial charge in [0.2, 0.25) is 5.00 Å². The molecule has 1 heterocycles. The van der Waals surface area contributed by atoms with Gasteiger partial charge < -0.3 is 4.74 Å². The maximum absolute atomic E-state index is 6.83. The average molecular weight is 215 g/mol. The molecule has 0 unspecified atom stereocenters. The standard InChI is InChI=1S/C12H9NOS/c1-13-11-7-8-12(15-11)14-9-10-5-3-2-4-6-10/h2-8H,9H2. The summed E-state index contributed by atoms with van der Waals surface area (Å²) < 4.78 is 5.55. The molecule has 1 aromatic carbocycles. The van der Waals surface area contributed by atoms with Crippen molar-refractivity contribution in [2.75, 3.05) is 0 Å². The Kier molecular flexibility index (Phi) is 3.01. The van der Waals surface area contributed by atoms with Crippen molar-refractivity contribution >= 4 is 16.3 Å². The lowest BCUT2D eigenvalue weighted by molar-refractivity contribution is 0.315. The van der Waals surface area contributed by atoms with Gasteiger partial charge in [-0.25, -0.2) is 4.85 Å². The molecule has 74 valence electrons. The molecule has 15 heavy (non-hydrogen) atoms. The zero-order valence-electron chi connectivity index (χ0n) is 8.01. The van der Waals surface area contributed by atoms with E-state index >= 15 is 0 Å². The summed E-state index contributed by atoms with van der Waals surface area (Å²) in [6.07, 6.45) is 0. The number of rotatable bonds is 3. The lowest BCUT2D eigenvalue weighted by atomic mass is 10.2. The topological polar surface area (TPSA) is 13.6 Å². The smallest absolute Gasteiger partial charge is 0.244 e. The predicted octanol–water partition coefficient (Wildman–Crippen LogP) is 3.88. The highest BCUT2D eigenvalue weighted by atomic mass is 32.1. The zero-order valence-corrected chi connectivity index (χ0v) is 8.83. The Bertz CT molecular complexity index is 470. The van der Waals surface area contributed by atoms with Gasteiger partial charge in [0, 0.05) is 0 Å². The van der Waals surface area contributed by atoms with E-state index in [0.717, 1.165) is 10.6 Å². The molecule has 2 nitrogen and oxygen atoms in total. The van der Waals surface area contributed by atoms with E-state index in [1.807, 2.05) is 36.4 Å². The van der Waals surface area contributed by atoms with Crippen LogP contribution in [0.15, 0.2) is 42.5 Å². The van der Waals surface area contributed by atoms with Crippen molar-refractivity contribution in [2.24, 2.45) is 0 Å². The number of benzene rings is 1. The minimum Gasteiger partial charge on any atom is -0.481 e. The quantitative estimate of drug-likeness (QED) is 0.708. The molecule has 1 aromatic heterocycles. The fourth-order valence-corrected chi connectivity index (χ4v) is 1.82. The minimum absolute atomic E-state index is 0.554. The summed E-state index contributed by atoms with van der Waals surface area (Å²) >= 11 is 1.38. The zero-order chi connectivity index (χ0) is 10.5. The summed E-state index contributed by atoms with van der Waals surface area (Å²) in [4.78, 5) is 3.33. The van der Waals surface area contributed by atoms with Crippen LogP contribution in [0.5, 0.6) is 5.06 Å². The summed E-state index contributed by atoms with van der Waals surface area (Å²) in [5.74, 6) is 0. The number of hydrogen-bond donors (Lipinski definition) is 0. The first kappa shape index (κ1) is 9.75.